The lowest BCUT2D eigenvalue weighted by molar-refractivity contribution is -0.170. The van der Waals surface area contributed by atoms with Gasteiger partial charge in [-0.3, -0.25) is 9.59 Å². The fraction of sp³-hybridized carbons (Fsp3) is 0.857. The first kappa shape index (κ1) is 16.0. The number of carbonyl (C=O) groups is 2. The largest absolute Gasteiger partial charge is 0.375 e. The first-order chi connectivity index (χ1) is 9.06. The maximum atomic E-state index is 11.3. The Labute approximate surface area is 115 Å². The van der Waals surface area contributed by atoms with Crippen LogP contribution in [0.3, 0.4) is 0 Å². The summed E-state index contributed by atoms with van der Waals surface area (Å²) in [5, 5.41) is 2.50. The maximum Gasteiger partial charge on any atom is 0.250 e. The number of likely N-dealkylation sites (N-methyl/N-ethyl adjacent to an activating group) is 2. The quantitative estimate of drug-likeness (QED) is 0.783. The first-order valence-corrected chi connectivity index (χ1v) is 7.05. The van der Waals surface area contributed by atoms with Crippen LogP contribution in [0, 0.1) is 5.92 Å². The molecule has 19 heavy (non-hydrogen) atoms. The molecule has 0 spiro atoms. The number of amides is 2. The Morgan fingerprint density at radius 3 is 2.16 bits per heavy atom. The SMILES string of the molecule is CC1CCCCC1.CNC(=O)C1(N(C)C=O)COC1. The molecule has 2 amide bonds. The Balaban J connectivity index is 0.000000218. The van der Waals surface area contributed by atoms with E-state index in [1.807, 2.05) is 0 Å². The lowest BCUT2D eigenvalue weighted by Gasteiger charge is -2.44. The van der Waals surface area contributed by atoms with Crippen LogP contribution in [-0.4, -0.2) is 50.1 Å². The summed E-state index contributed by atoms with van der Waals surface area (Å²) in [6, 6.07) is 0. The summed E-state index contributed by atoms with van der Waals surface area (Å²) in [5.74, 6) is 0.858. The molecule has 1 aliphatic heterocycles. The van der Waals surface area contributed by atoms with Crippen molar-refractivity contribution in [3.8, 4) is 0 Å². The highest BCUT2D eigenvalue weighted by Gasteiger charge is 2.48. The minimum Gasteiger partial charge on any atom is -0.375 e. The van der Waals surface area contributed by atoms with Gasteiger partial charge in [-0.25, -0.2) is 0 Å². The van der Waals surface area contributed by atoms with Crippen molar-refractivity contribution in [3.05, 3.63) is 0 Å². The van der Waals surface area contributed by atoms with Gasteiger partial charge in [0.15, 0.2) is 5.54 Å². The van der Waals surface area contributed by atoms with Gasteiger partial charge in [0.05, 0.1) is 13.2 Å². The van der Waals surface area contributed by atoms with E-state index >= 15 is 0 Å². The third-order valence-corrected chi connectivity index (χ3v) is 4.06. The number of carbonyl (C=O) groups excluding carboxylic acids is 2. The average molecular weight is 270 g/mol. The second-order valence-corrected chi connectivity index (χ2v) is 5.56. The van der Waals surface area contributed by atoms with Crippen LogP contribution in [0.25, 0.3) is 0 Å². The molecule has 0 radical (unpaired) electrons. The lowest BCUT2D eigenvalue weighted by atomic mass is 9.91. The van der Waals surface area contributed by atoms with Gasteiger partial charge in [-0.05, 0) is 5.92 Å². The molecule has 5 heteroatoms. The maximum absolute atomic E-state index is 11.3. The molecule has 0 bridgehead atoms. The molecule has 0 aromatic rings. The second kappa shape index (κ2) is 7.48. The van der Waals surface area contributed by atoms with E-state index in [1.165, 1.54) is 37.0 Å². The summed E-state index contributed by atoms with van der Waals surface area (Å²) in [7, 11) is 3.12. The van der Waals surface area contributed by atoms with Crippen LogP contribution in [0.1, 0.15) is 39.0 Å². The Hall–Kier alpha value is -1.10. The Bertz CT molecular complexity index is 297. The molecule has 1 heterocycles. The van der Waals surface area contributed by atoms with Crippen molar-refractivity contribution in [1.29, 1.82) is 0 Å². The van der Waals surface area contributed by atoms with Gasteiger partial charge in [-0.2, -0.15) is 0 Å². The number of nitrogens with zero attached hydrogens (tertiary/aromatic N) is 1. The summed E-state index contributed by atoms with van der Waals surface area (Å²) >= 11 is 0. The van der Waals surface area contributed by atoms with E-state index in [0.29, 0.717) is 6.41 Å². The van der Waals surface area contributed by atoms with Crippen LogP contribution >= 0.6 is 0 Å². The highest BCUT2D eigenvalue weighted by atomic mass is 16.5. The molecule has 0 aromatic heterocycles. The van der Waals surface area contributed by atoms with E-state index in [2.05, 4.69) is 12.2 Å². The fourth-order valence-electron chi connectivity index (χ4n) is 2.43. The standard InChI is InChI=1S/C7H12N2O3.C7H14/c1-8-6(11)7(3-12-4-7)9(2)5-10;1-7-5-3-2-4-6-7/h5H,3-4H2,1-2H3,(H,8,11);7H,2-6H2,1H3. The van der Waals surface area contributed by atoms with Crippen LogP contribution in [0.5, 0.6) is 0 Å². The second-order valence-electron chi connectivity index (χ2n) is 5.56. The molecule has 110 valence electrons. The van der Waals surface area contributed by atoms with Crippen LogP contribution in [-0.2, 0) is 14.3 Å². The van der Waals surface area contributed by atoms with Crippen LogP contribution in [0.4, 0.5) is 0 Å². The molecule has 2 rings (SSSR count). The van der Waals surface area contributed by atoms with E-state index in [9.17, 15) is 9.59 Å². The van der Waals surface area contributed by atoms with Crippen molar-refractivity contribution < 1.29 is 14.3 Å². The third-order valence-electron chi connectivity index (χ3n) is 4.06. The highest BCUT2D eigenvalue weighted by molar-refractivity contribution is 5.89. The Kier molecular flexibility index (Phi) is 6.28. The zero-order valence-corrected chi connectivity index (χ0v) is 12.3. The van der Waals surface area contributed by atoms with Gasteiger partial charge in [-0.15, -0.1) is 0 Å². The van der Waals surface area contributed by atoms with Crippen LogP contribution in [0.15, 0.2) is 0 Å². The van der Waals surface area contributed by atoms with E-state index in [-0.39, 0.29) is 19.1 Å². The molecule has 1 saturated carbocycles. The van der Waals surface area contributed by atoms with E-state index in [4.69, 9.17) is 4.74 Å². The monoisotopic (exact) mass is 270 g/mol. The van der Waals surface area contributed by atoms with E-state index < -0.39 is 5.54 Å². The summed E-state index contributed by atoms with van der Waals surface area (Å²) < 4.78 is 4.92. The minimum atomic E-state index is -0.767. The number of nitrogens with one attached hydrogen (secondary N) is 1. The summed E-state index contributed by atoms with van der Waals surface area (Å²) in [6.07, 6.45) is 8.07. The molecule has 2 aliphatic rings. The number of hydrogen-bond acceptors (Lipinski definition) is 3. The zero-order valence-electron chi connectivity index (χ0n) is 12.3. The van der Waals surface area contributed by atoms with Gasteiger partial charge in [0.2, 0.25) is 6.41 Å². The molecule has 5 nitrogen and oxygen atoms in total. The van der Waals surface area contributed by atoms with E-state index in [1.54, 1.807) is 14.1 Å². The number of ether oxygens (including phenoxy) is 1. The van der Waals surface area contributed by atoms with Crippen molar-refractivity contribution in [2.45, 2.75) is 44.6 Å². The van der Waals surface area contributed by atoms with Gasteiger partial charge in [-0.1, -0.05) is 39.0 Å². The molecule has 1 saturated heterocycles. The van der Waals surface area contributed by atoms with Crippen LogP contribution < -0.4 is 5.32 Å². The van der Waals surface area contributed by atoms with Gasteiger partial charge >= 0.3 is 0 Å². The average Bonchev–Trinajstić information content (AvgIpc) is 2.38. The topological polar surface area (TPSA) is 58.6 Å². The summed E-state index contributed by atoms with van der Waals surface area (Å²) in [5.41, 5.74) is -0.767. The molecule has 0 atom stereocenters. The molecule has 1 aliphatic carbocycles. The van der Waals surface area contributed by atoms with Crippen molar-refractivity contribution in [2.24, 2.45) is 5.92 Å². The molecule has 0 aromatic carbocycles. The van der Waals surface area contributed by atoms with Crippen LogP contribution in [0.2, 0.25) is 0 Å². The van der Waals surface area contributed by atoms with E-state index in [0.717, 1.165) is 5.92 Å². The van der Waals surface area contributed by atoms with Crippen molar-refractivity contribution in [3.63, 3.8) is 0 Å². The smallest absolute Gasteiger partial charge is 0.250 e. The zero-order chi connectivity index (χ0) is 14.3. The van der Waals surface area contributed by atoms with Gasteiger partial charge < -0.3 is 15.0 Å². The predicted octanol–water partition coefficient (Wildman–Crippen LogP) is 1.18. The summed E-state index contributed by atoms with van der Waals surface area (Å²) in [6.45, 7) is 2.92. The first-order valence-electron chi connectivity index (χ1n) is 7.05. The molecule has 0 unspecified atom stereocenters. The Morgan fingerprint density at radius 2 is 1.89 bits per heavy atom. The molecular formula is C14H26N2O3. The van der Waals surface area contributed by atoms with Crippen molar-refractivity contribution >= 4 is 12.3 Å². The fourth-order valence-corrected chi connectivity index (χ4v) is 2.43. The molecule has 2 fully saturated rings. The van der Waals surface area contributed by atoms with Gasteiger partial charge in [0.1, 0.15) is 0 Å². The number of rotatable bonds is 3. The molecule has 1 N–H and O–H groups in total. The normalized spacial score (nSPS) is 21.4. The lowest BCUT2D eigenvalue weighted by Crippen LogP contribution is -2.68. The van der Waals surface area contributed by atoms with Gasteiger partial charge in [0, 0.05) is 14.1 Å². The Morgan fingerprint density at radius 1 is 1.32 bits per heavy atom. The summed E-state index contributed by atoms with van der Waals surface area (Å²) in [4.78, 5) is 23.1. The van der Waals surface area contributed by atoms with Gasteiger partial charge in [0.25, 0.3) is 5.91 Å². The third kappa shape index (κ3) is 3.93. The predicted molar refractivity (Wildman–Crippen MR) is 73.7 cm³/mol. The molecular weight excluding hydrogens is 244 g/mol. The number of hydrogen-bond donors (Lipinski definition) is 1. The van der Waals surface area contributed by atoms with Crippen molar-refractivity contribution in [2.75, 3.05) is 27.3 Å². The highest BCUT2D eigenvalue weighted by Crippen LogP contribution is 2.23. The minimum absolute atomic E-state index is 0.177. The van der Waals surface area contributed by atoms with Crippen molar-refractivity contribution in [1.82, 2.24) is 10.2 Å².